The van der Waals surface area contributed by atoms with E-state index in [1.807, 2.05) is 0 Å². The molecule has 13 heavy (non-hydrogen) atoms. The summed E-state index contributed by atoms with van der Waals surface area (Å²) >= 11 is 1.70. The fourth-order valence-electron chi connectivity index (χ4n) is 2.10. The normalized spacial score (nSPS) is 32.1. The molecule has 0 bridgehead atoms. The van der Waals surface area contributed by atoms with Crippen molar-refractivity contribution < 1.29 is 5.11 Å². The summed E-state index contributed by atoms with van der Waals surface area (Å²) < 4.78 is 0. The highest BCUT2D eigenvalue weighted by Gasteiger charge is 2.54. The molecule has 1 aromatic rings. The second kappa shape index (κ2) is 3.10. The van der Waals surface area contributed by atoms with Crippen molar-refractivity contribution in [1.82, 2.24) is 0 Å². The molecule has 0 aliphatic heterocycles. The second-order valence-corrected chi connectivity index (χ2v) is 4.96. The van der Waals surface area contributed by atoms with Crippen LogP contribution in [0.15, 0.2) is 11.4 Å². The van der Waals surface area contributed by atoms with Crippen LogP contribution >= 0.6 is 11.3 Å². The smallest absolute Gasteiger partial charge is 0.102 e. The van der Waals surface area contributed by atoms with Gasteiger partial charge in [-0.05, 0) is 42.7 Å². The second-order valence-electron chi connectivity index (χ2n) is 4.05. The Hall–Kier alpha value is -0.340. The van der Waals surface area contributed by atoms with Gasteiger partial charge in [-0.15, -0.1) is 11.3 Å². The number of thiophene rings is 1. The molecule has 1 N–H and O–H groups in total. The van der Waals surface area contributed by atoms with Crippen LogP contribution in [0.4, 0.5) is 0 Å². The standard InChI is InChI=1S/C11H16OS/c1-3-4-9-7-11(9,12)10-8(2)5-6-13-10/h5-6,9,12H,3-4,7H2,1-2H3. The van der Waals surface area contributed by atoms with Gasteiger partial charge in [-0.3, -0.25) is 0 Å². The Morgan fingerprint density at radius 1 is 1.69 bits per heavy atom. The van der Waals surface area contributed by atoms with Gasteiger partial charge in [0.15, 0.2) is 0 Å². The highest BCUT2D eigenvalue weighted by atomic mass is 32.1. The molecule has 0 amide bonds. The highest BCUT2D eigenvalue weighted by molar-refractivity contribution is 7.10. The Morgan fingerprint density at radius 2 is 2.46 bits per heavy atom. The topological polar surface area (TPSA) is 20.2 Å². The van der Waals surface area contributed by atoms with E-state index in [4.69, 9.17) is 0 Å². The van der Waals surface area contributed by atoms with E-state index in [1.165, 1.54) is 16.9 Å². The van der Waals surface area contributed by atoms with Crippen molar-refractivity contribution in [3.63, 3.8) is 0 Å². The number of aliphatic hydroxyl groups is 1. The molecule has 0 spiro atoms. The molecule has 1 aromatic heterocycles. The summed E-state index contributed by atoms with van der Waals surface area (Å²) in [5.41, 5.74) is 0.806. The van der Waals surface area contributed by atoms with Crippen LogP contribution in [0.5, 0.6) is 0 Å². The van der Waals surface area contributed by atoms with Crippen molar-refractivity contribution >= 4 is 11.3 Å². The fraction of sp³-hybridized carbons (Fsp3) is 0.636. The van der Waals surface area contributed by atoms with Gasteiger partial charge >= 0.3 is 0 Å². The van der Waals surface area contributed by atoms with Crippen molar-refractivity contribution in [2.45, 2.75) is 38.7 Å². The molecule has 1 nitrogen and oxygen atoms in total. The van der Waals surface area contributed by atoms with Gasteiger partial charge in [0.05, 0.1) is 0 Å². The molecule has 2 rings (SSSR count). The SMILES string of the molecule is CCCC1CC1(O)c1sccc1C. The minimum Gasteiger partial charge on any atom is -0.384 e. The Balaban J connectivity index is 2.15. The molecule has 1 saturated carbocycles. The maximum absolute atomic E-state index is 10.3. The molecule has 0 saturated heterocycles. The molecule has 1 aliphatic carbocycles. The van der Waals surface area contributed by atoms with Gasteiger partial charge in [-0.1, -0.05) is 13.3 Å². The number of hydrogen-bond acceptors (Lipinski definition) is 2. The molecule has 2 atom stereocenters. The van der Waals surface area contributed by atoms with Gasteiger partial charge in [0.25, 0.3) is 0 Å². The molecule has 1 fully saturated rings. The molecule has 2 unspecified atom stereocenters. The lowest BCUT2D eigenvalue weighted by molar-refractivity contribution is 0.132. The van der Waals surface area contributed by atoms with Gasteiger partial charge < -0.3 is 5.11 Å². The van der Waals surface area contributed by atoms with Gasteiger partial charge in [-0.2, -0.15) is 0 Å². The zero-order chi connectivity index (χ0) is 9.47. The first-order valence-electron chi connectivity index (χ1n) is 4.95. The van der Waals surface area contributed by atoms with Crippen LogP contribution in [0, 0.1) is 12.8 Å². The quantitative estimate of drug-likeness (QED) is 0.787. The van der Waals surface area contributed by atoms with E-state index in [-0.39, 0.29) is 0 Å². The van der Waals surface area contributed by atoms with Crippen molar-refractivity contribution in [2.24, 2.45) is 5.92 Å². The zero-order valence-corrected chi connectivity index (χ0v) is 9.03. The van der Waals surface area contributed by atoms with Gasteiger partial charge in [-0.25, -0.2) is 0 Å². The molecule has 0 aromatic carbocycles. The minimum atomic E-state index is -0.450. The maximum Gasteiger partial charge on any atom is 0.102 e. The van der Waals surface area contributed by atoms with E-state index in [2.05, 4.69) is 25.3 Å². The van der Waals surface area contributed by atoms with E-state index in [1.54, 1.807) is 11.3 Å². The van der Waals surface area contributed by atoms with E-state index < -0.39 is 5.60 Å². The van der Waals surface area contributed by atoms with Crippen molar-refractivity contribution in [1.29, 1.82) is 0 Å². The average molecular weight is 196 g/mol. The van der Waals surface area contributed by atoms with Gasteiger partial charge in [0.2, 0.25) is 0 Å². The third-order valence-corrected chi connectivity index (χ3v) is 4.15. The van der Waals surface area contributed by atoms with Crippen LogP contribution in [0.3, 0.4) is 0 Å². The third kappa shape index (κ3) is 1.42. The Morgan fingerprint density at radius 3 is 3.00 bits per heavy atom. The molecule has 2 heteroatoms. The summed E-state index contributed by atoms with van der Waals surface area (Å²) in [5, 5.41) is 12.3. The molecule has 1 heterocycles. The predicted molar refractivity (Wildman–Crippen MR) is 56.0 cm³/mol. The van der Waals surface area contributed by atoms with E-state index >= 15 is 0 Å². The number of hydrogen-bond donors (Lipinski definition) is 1. The van der Waals surface area contributed by atoms with Gasteiger partial charge in [0, 0.05) is 4.88 Å². The molecular weight excluding hydrogens is 180 g/mol. The summed E-state index contributed by atoms with van der Waals surface area (Å²) in [4.78, 5) is 1.20. The number of rotatable bonds is 3. The fourth-order valence-corrected chi connectivity index (χ4v) is 3.22. The first kappa shape index (κ1) is 9.22. The van der Waals surface area contributed by atoms with Crippen LogP contribution in [0.1, 0.15) is 36.6 Å². The molecule has 0 radical (unpaired) electrons. The summed E-state index contributed by atoms with van der Waals surface area (Å²) in [7, 11) is 0. The summed E-state index contributed by atoms with van der Waals surface area (Å²) in [6.45, 7) is 4.27. The predicted octanol–water partition coefficient (Wildman–Crippen LogP) is 3.06. The largest absolute Gasteiger partial charge is 0.384 e. The van der Waals surface area contributed by atoms with Crippen LogP contribution < -0.4 is 0 Å². The molecule has 1 aliphatic rings. The Kier molecular flexibility index (Phi) is 2.20. The number of aryl methyl sites for hydroxylation is 1. The summed E-state index contributed by atoms with van der Waals surface area (Å²) in [6, 6.07) is 2.10. The highest BCUT2D eigenvalue weighted by Crippen LogP contribution is 2.56. The lowest BCUT2D eigenvalue weighted by Crippen LogP contribution is -2.07. The van der Waals surface area contributed by atoms with Crippen molar-refractivity contribution in [3.05, 3.63) is 21.9 Å². The van der Waals surface area contributed by atoms with E-state index in [0.29, 0.717) is 5.92 Å². The van der Waals surface area contributed by atoms with Crippen molar-refractivity contribution in [2.75, 3.05) is 0 Å². The van der Waals surface area contributed by atoms with E-state index in [0.717, 1.165) is 12.8 Å². The Labute approximate surface area is 83.4 Å². The Bertz CT molecular complexity index is 305. The molecule has 72 valence electrons. The summed E-state index contributed by atoms with van der Waals surface area (Å²) in [6.07, 6.45) is 3.31. The minimum absolute atomic E-state index is 0.450. The summed E-state index contributed by atoms with van der Waals surface area (Å²) in [5.74, 6) is 0.523. The van der Waals surface area contributed by atoms with Gasteiger partial charge in [0.1, 0.15) is 5.60 Å². The average Bonchev–Trinajstić information content (AvgIpc) is 2.56. The van der Waals surface area contributed by atoms with Crippen LogP contribution in [-0.2, 0) is 5.60 Å². The van der Waals surface area contributed by atoms with Crippen LogP contribution in [0.25, 0.3) is 0 Å². The first-order valence-corrected chi connectivity index (χ1v) is 5.83. The zero-order valence-electron chi connectivity index (χ0n) is 8.21. The maximum atomic E-state index is 10.3. The lowest BCUT2D eigenvalue weighted by atomic mass is 10.1. The van der Waals surface area contributed by atoms with Crippen LogP contribution in [-0.4, -0.2) is 5.11 Å². The van der Waals surface area contributed by atoms with E-state index in [9.17, 15) is 5.11 Å². The lowest BCUT2D eigenvalue weighted by Gasteiger charge is -2.08. The third-order valence-electron chi connectivity index (χ3n) is 2.97. The first-order chi connectivity index (χ1) is 6.18. The monoisotopic (exact) mass is 196 g/mol. The molecular formula is C11H16OS. The van der Waals surface area contributed by atoms with Crippen LogP contribution in [0.2, 0.25) is 0 Å². The van der Waals surface area contributed by atoms with Crippen molar-refractivity contribution in [3.8, 4) is 0 Å².